The van der Waals surface area contributed by atoms with Crippen molar-refractivity contribution in [1.82, 2.24) is 0 Å². The van der Waals surface area contributed by atoms with Gasteiger partial charge in [-0.25, -0.2) is 0 Å². The van der Waals surface area contributed by atoms with E-state index in [0.717, 1.165) is 0 Å². The Morgan fingerprint density at radius 3 is 1.61 bits per heavy atom. The fraction of sp³-hybridized carbons (Fsp3) is 0.786. The quantitative estimate of drug-likeness (QED) is 0.425. The summed E-state index contributed by atoms with van der Waals surface area (Å²) in [7, 11) is 0. The molecule has 0 amide bonds. The van der Waals surface area contributed by atoms with Gasteiger partial charge in [-0.05, 0) is 93.3 Å². The highest BCUT2D eigenvalue weighted by atomic mass is 14.6. The largest absolute Gasteiger partial charge is 0.0873 e. The molecule has 3 aliphatic rings. The van der Waals surface area contributed by atoms with Crippen molar-refractivity contribution in [3.63, 3.8) is 0 Å². The second-order valence-electron chi connectivity index (χ2n) is 12.5. The topological polar surface area (TPSA) is 0 Å². The van der Waals surface area contributed by atoms with E-state index in [0.29, 0.717) is 16.2 Å². The highest BCUT2D eigenvalue weighted by molar-refractivity contribution is 5.43. The van der Waals surface area contributed by atoms with Crippen molar-refractivity contribution in [3.05, 3.63) is 35.5 Å². The number of rotatable bonds is 4. The van der Waals surface area contributed by atoms with Crippen LogP contribution in [0.2, 0.25) is 0 Å². The van der Waals surface area contributed by atoms with Crippen molar-refractivity contribution < 1.29 is 0 Å². The predicted molar refractivity (Wildman–Crippen MR) is 124 cm³/mol. The number of hydrogen-bond donors (Lipinski definition) is 0. The highest BCUT2D eigenvalue weighted by Gasteiger charge is 2.56. The van der Waals surface area contributed by atoms with Crippen molar-refractivity contribution in [2.45, 2.75) is 119 Å². The Balaban J connectivity index is 2.24. The molecule has 0 saturated heterocycles. The van der Waals surface area contributed by atoms with E-state index >= 15 is 0 Å². The van der Waals surface area contributed by atoms with E-state index in [1.165, 1.54) is 77.0 Å². The van der Waals surface area contributed by atoms with Crippen molar-refractivity contribution in [1.29, 1.82) is 0 Å². The molecule has 0 unspecified atom stereocenters. The smallest absolute Gasteiger partial charge is 0.0357 e. The van der Waals surface area contributed by atoms with E-state index in [4.69, 9.17) is 0 Å². The van der Waals surface area contributed by atoms with E-state index in [1.54, 1.807) is 11.1 Å². The lowest BCUT2D eigenvalue weighted by Crippen LogP contribution is -2.49. The van der Waals surface area contributed by atoms with Crippen molar-refractivity contribution in [3.8, 4) is 0 Å². The van der Waals surface area contributed by atoms with Gasteiger partial charge in [-0.15, -0.1) is 0 Å². The molecule has 0 aromatic rings. The molecule has 0 atom stereocenters. The molecule has 0 bridgehead atoms. The van der Waals surface area contributed by atoms with Crippen LogP contribution in [-0.2, 0) is 0 Å². The highest BCUT2D eigenvalue weighted by Crippen LogP contribution is 2.66. The predicted octanol–water partition coefficient (Wildman–Crippen LogP) is 9.18. The fourth-order valence-corrected chi connectivity index (χ4v) is 7.04. The van der Waals surface area contributed by atoms with Gasteiger partial charge in [0.05, 0.1) is 0 Å². The molecule has 0 aromatic heterocycles. The zero-order chi connectivity index (χ0) is 20.5. The molecule has 0 N–H and O–H groups in total. The monoisotopic (exact) mass is 382 g/mol. The Kier molecular flexibility index (Phi) is 6.38. The summed E-state index contributed by atoms with van der Waals surface area (Å²) in [6.07, 6.45) is 26.6. The van der Waals surface area contributed by atoms with Crippen LogP contribution in [0.4, 0.5) is 0 Å². The summed E-state index contributed by atoms with van der Waals surface area (Å²) in [5, 5.41) is 0. The Bertz CT molecular complexity index is 584. The van der Waals surface area contributed by atoms with Crippen molar-refractivity contribution in [2.75, 3.05) is 0 Å². The maximum Gasteiger partial charge on any atom is 0.0357 e. The van der Waals surface area contributed by atoms with Crippen LogP contribution in [0.3, 0.4) is 0 Å². The Labute approximate surface area is 176 Å². The van der Waals surface area contributed by atoms with Crippen LogP contribution in [0.15, 0.2) is 35.5 Å². The van der Waals surface area contributed by atoms with E-state index in [1.807, 2.05) is 0 Å². The van der Waals surface area contributed by atoms with Gasteiger partial charge in [0, 0.05) is 5.41 Å². The first-order valence-corrected chi connectivity index (χ1v) is 12.1. The summed E-state index contributed by atoms with van der Waals surface area (Å²) < 4.78 is 0. The third-order valence-electron chi connectivity index (χ3n) is 7.33. The van der Waals surface area contributed by atoms with Crippen LogP contribution in [0.5, 0.6) is 0 Å². The minimum absolute atomic E-state index is 0.187. The van der Waals surface area contributed by atoms with Gasteiger partial charge in [-0.3, -0.25) is 0 Å². The summed E-state index contributed by atoms with van der Waals surface area (Å²) in [6, 6.07) is 0. The first-order valence-electron chi connectivity index (χ1n) is 12.1. The van der Waals surface area contributed by atoms with Crippen LogP contribution in [0, 0.1) is 21.7 Å². The lowest BCUT2D eigenvalue weighted by atomic mass is 9.45. The SMILES string of the molecule is CC(C)(C)CC1(CC(C)(C)C)CCC=CC1(C1=CCCCC1)C1=CCCCC1. The lowest BCUT2D eigenvalue weighted by molar-refractivity contribution is 0.0145. The second-order valence-corrected chi connectivity index (χ2v) is 12.5. The maximum absolute atomic E-state index is 2.72. The molecule has 0 spiro atoms. The summed E-state index contributed by atoms with van der Waals surface area (Å²) in [5.41, 5.74) is 4.82. The molecule has 0 aliphatic heterocycles. The van der Waals surface area contributed by atoms with Crippen LogP contribution in [-0.4, -0.2) is 0 Å². The molecule has 0 saturated carbocycles. The Hall–Kier alpha value is -0.780. The average molecular weight is 383 g/mol. The molecule has 3 aliphatic carbocycles. The molecular formula is C28H46. The van der Waals surface area contributed by atoms with Gasteiger partial charge >= 0.3 is 0 Å². The fourth-order valence-electron chi connectivity index (χ4n) is 7.04. The van der Waals surface area contributed by atoms with E-state index < -0.39 is 0 Å². The lowest BCUT2D eigenvalue weighted by Gasteiger charge is -2.59. The van der Waals surface area contributed by atoms with Crippen LogP contribution in [0.25, 0.3) is 0 Å². The summed E-state index contributed by atoms with van der Waals surface area (Å²) in [5.74, 6) is 0. The molecule has 0 fully saturated rings. The molecule has 28 heavy (non-hydrogen) atoms. The molecule has 158 valence electrons. The minimum Gasteiger partial charge on any atom is -0.0873 e. The molecule has 0 nitrogen and oxygen atoms in total. The van der Waals surface area contributed by atoms with Gasteiger partial charge in [-0.2, -0.15) is 0 Å². The first-order chi connectivity index (χ1) is 13.1. The van der Waals surface area contributed by atoms with Gasteiger partial charge in [0.25, 0.3) is 0 Å². The van der Waals surface area contributed by atoms with Crippen LogP contribution in [0.1, 0.15) is 119 Å². The molecule has 0 heteroatoms. The zero-order valence-electron chi connectivity index (χ0n) is 19.8. The molecular weight excluding hydrogens is 336 g/mol. The Morgan fingerprint density at radius 1 is 0.714 bits per heavy atom. The van der Waals surface area contributed by atoms with E-state index in [2.05, 4.69) is 65.8 Å². The maximum atomic E-state index is 2.72. The van der Waals surface area contributed by atoms with Crippen molar-refractivity contribution in [2.24, 2.45) is 21.7 Å². The Morgan fingerprint density at radius 2 is 1.21 bits per heavy atom. The van der Waals surface area contributed by atoms with Gasteiger partial charge in [0.1, 0.15) is 0 Å². The first kappa shape index (κ1) is 21.9. The van der Waals surface area contributed by atoms with E-state index in [-0.39, 0.29) is 5.41 Å². The number of allylic oxidation sites excluding steroid dienone is 6. The minimum atomic E-state index is 0.187. The van der Waals surface area contributed by atoms with Gasteiger partial charge in [-0.1, -0.05) is 77.0 Å². The third kappa shape index (κ3) is 4.52. The second kappa shape index (κ2) is 8.16. The summed E-state index contributed by atoms with van der Waals surface area (Å²) in [6.45, 7) is 14.9. The molecule has 0 aromatic carbocycles. The number of hydrogen-bond acceptors (Lipinski definition) is 0. The van der Waals surface area contributed by atoms with E-state index in [9.17, 15) is 0 Å². The van der Waals surface area contributed by atoms with Crippen LogP contribution < -0.4 is 0 Å². The summed E-state index contributed by atoms with van der Waals surface area (Å²) >= 11 is 0. The van der Waals surface area contributed by atoms with Crippen molar-refractivity contribution >= 4 is 0 Å². The molecule has 3 rings (SSSR count). The normalized spacial score (nSPS) is 25.2. The van der Waals surface area contributed by atoms with Gasteiger partial charge < -0.3 is 0 Å². The summed E-state index contributed by atoms with van der Waals surface area (Å²) in [4.78, 5) is 0. The third-order valence-corrected chi connectivity index (χ3v) is 7.33. The van der Waals surface area contributed by atoms with Gasteiger partial charge in [0.2, 0.25) is 0 Å². The molecule has 0 heterocycles. The zero-order valence-corrected chi connectivity index (χ0v) is 19.8. The van der Waals surface area contributed by atoms with Crippen LogP contribution >= 0.6 is 0 Å². The standard InChI is InChI=1S/C28H46/c1-25(2,3)21-27(22-26(4,5)6)19-13-14-20-28(27,23-15-9-7-10-16-23)24-17-11-8-12-18-24/h14-15,17,20H,7-13,16,18-19,21-22H2,1-6H3. The molecule has 0 radical (unpaired) electrons. The van der Waals surface area contributed by atoms with Gasteiger partial charge in [0.15, 0.2) is 0 Å². The average Bonchev–Trinajstić information content (AvgIpc) is 2.61.